The minimum Gasteiger partial charge on any atom is -0.314 e. The van der Waals surface area contributed by atoms with Crippen molar-refractivity contribution in [1.82, 2.24) is 10.3 Å². The topological polar surface area (TPSA) is 68.1 Å². The van der Waals surface area contributed by atoms with Crippen molar-refractivity contribution in [3.63, 3.8) is 0 Å². The number of rotatable bonds is 3. The lowest BCUT2D eigenvalue weighted by molar-refractivity contribution is -0.386. The van der Waals surface area contributed by atoms with E-state index in [-0.39, 0.29) is 10.6 Å². The van der Waals surface area contributed by atoms with E-state index in [0.29, 0.717) is 22.6 Å². The Hall–Kier alpha value is -1.01. The predicted octanol–water partition coefficient (Wildman–Crippen LogP) is 2.05. The van der Waals surface area contributed by atoms with Crippen molar-refractivity contribution in [3.05, 3.63) is 32.5 Å². The van der Waals surface area contributed by atoms with Gasteiger partial charge < -0.3 is 5.32 Å². The molecule has 16 heavy (non-hydrogen) atoms. The lowest BCUT2D eigenvalue weighted by atomic mass is 10.1. The van der Waals surface area contributed by atoms with Gasteiger partial charge in [0.15, 0.2) is 0 Å². The Morgan fingerprint density at radius 1 is 1.69 bits per heavy atom. The summed E-state index contributed by atoms with van der Waals surface area (Å²) in [5.41, 5.74) is 0.663. The minimum atomic E-state index is -0.373. The van der Waals surface area contributed by atoms with E-state index in [1.165, 1.54) is 6.07 Å². The fourth-order valence-electron chi connectivity index (χ4n) is 1.94. The van der Waals surface area contributed by atoms with Gasteiger partial charge >= 0.3 is 0 Å². The molecule has 0 aliphatic carbocycles. The molecule has 0 radical (unpaired) electrons. The third kappa shape index (κ3) is 2.56. The molecule has 6 heteroatoms. The summed E-state index contributed by atoms with van der Waals surface area (Å²) in [7, 11) is 0. The summed E-state index contributed by atoms with van der Waals surface area (Å²) < 4.78 is 0.641. The van der Waals surface area contributed by atoms with Gasteiger partial charge in [0.05, 0.1) is 4.92 Å². The molecule has 1 aliphatic heterocycles. The van der Waals surface area contributed by atoms with Crippen LogP contribution in [0.1, 0.15) is 18.5 Å². The summed E-state index contributed by atoms with van der Waals surface area (Å²) in [4.78, 5) is 14.6. The second-order valence-electron chi connectivity index (χ2n) is 3.87. The largest absolute Gasteiger partial charge is 0.314 e. The summed E-state index contributed by atoms with van der Waals surface area (Å²) in [6.07, 6.45) is 4.44. The molecule has 0 spiro atoms. The molecule has 0 saturated carbocycles. The van der Waals surface area contributed by atoms with Crippen LogP contribution in [0.25, 0.3) is 0 Å². The van der Waals surface area contributed by atoms with E-state index in [0.717, 1.165) is 19.4 Å². The van der Waals surface area contributed by atoms with Crippen LogP contribution in [-0.4, -0.2) is 22.5 Å². The van der Waals surface area contributed by atoms with Crippen LogP contribution in [0.5, 0.6) is 0 Å². The number of pyridine rings is 1. The van der Waals surface area contributed by atoms with Crippen LogP contribution in [0.15, 0.2) is 16.7 Å². The zero-order chi connectivity index (χ0) is 11.5. The molecule has 5 nitrogen and oxygen atoms in total. The van der Waals surface area contributed by atoms with Gasteiger partial charge in [-0.05, 0) is 35.3 Å². The van der Waals surface area contributed by atoms with Crippen molar-refractivity contribution in [3.8, 4) is 0 Å². The number of hydrogen-bond acceptors (Lipinski definition) is 4. The Balaban J connectivity index is 2.21. The summed E-state index contributed by atoms with van der Waals surface area (Å²) >= 11 is 3.19. The van der Waals surface area contributed by atoms with Crippen LogP contribution in [0.4, 0.5) is 5.69 Å². The molecule has 2 heterocycles. The number of nitro groups is 1. The van der Waals surface area contributed by atoms with Crippen LogP contribution < -0.4 is 5.32 Å². The van der Waals surface area contributed by atoms with Crippen LogP contribution in [0.2, 0.25) is 0 Å². The van der Waals surface area contributed by atoms with Crippen LogP contribution in [-0.2, 0) is 6.42 Å². The maximum Gasteiger partial charge on any atom is 0.291 e. The Labute approximate surface area is 102 Å². The second-order valence-corrected chi connectivity index (χ2v) is 4.79. The van der Waals surface area contributed by atoms with Crippen molar-refractivity contribution in [2.45, 2.75) is 25.3 Å². The molecule has 1 aliphatic rings. The first kappa shape index (κ1) is 11.5. The van der Waals surface area contributed by atoms with Gasteiger partial charge in [-0.1, -0.05) is 0 Å². The first-order chi connectivity index (χ1) is 7.66. The molecule has 1 aromatic rings. The SMILES string of the molecule is O=[N+]([O-])c1cc(Br)cnc1CC1CCCN1. The first-order valence-electron chi connectivity index (χ1n) is 5.19. The Morgan fingerprint density at radius 3 is 3.12 bits per heavy atom. The van der Waals surface area contributed by atoms with Gasteiger partial charge in [-0.25, -0.2) is 0 Å². The lowest BCUT2D eigenvalue weighted by Crippen LogP contribution is -2.24. The molecule has 1 aromatic heterocycles. The zero-order valence-corrected chi connectivity index (χ0v) is 10.2. The van der Waals surface area contributed by atoms with E-state index < -0.39 is 0 Å². The lowest BCUT2D eigenvalue weighted by Gasteiger charge is -2.09. The quantitative estimate of drug-likeness (QED) is 0.682. The van der Waals surface area contributed by atoms with Crippen LogP contribution in [0.3, 0.4) is 0 Å². The molecule has 2 rings (SSSR count). The number of hydrogen-bond donors (Lipinski definition) is 1. The van der Waals surface area contributed by atoms with E-state index in [4.69, 9.17) is 0 Å². The third-order valence-electron chi connectivity index (χ3n) is 2.71. The average Bonchev–Trinajstić information content (AvgIpc) is 2.73. The summed E-state index contributed by atoms with van der Waals surface area (Å²) in [5.74, 6) is 0. The monoisotopic (exact) mass is 285 g/mol. The van der Waals surface area contributed by atoms with Gasteiger partial charge in [0, 0.05) is 29.2 Å². The number of halogens is 1. The molecule has 0 bridgehead atoms. The van der Waals surface area contributed by atoms with Gasteiger partial charge in [0.25, 0.3) is 5.69 Å². The molecule has 0 amide bonds. The summed E-state index contributed by atoms with van der Waals surface area (Å²) in [5, 5.41) is 14.2. The maximum absolute atomic E-state index is 10.9. The fraction of sp³-hybridized carbons (Fsp3) is 0.500. The maximum atomic E-state index is 10.9. The standard InChI is InChI=1S/C10H12BrN3O2/c11-7-4-10(14(15)16)9(13-6-7)5-8-2-1-3-12-8/h4,6,8,12H,1-3,5H2. The highest BCUT2D eigenvalue weighted by Crippen LogP contribution is 2.23. The van der Waals surface area contributed by atoms with E-state index >= 15 is 0 Å². The second kappa shape index (κ2) is 4.88. The molecule has 1 atom stereocenters. The molecular formula is C10H12BrN3O2. The van der Waals surface area contributed by atoms with Gasteiger partial charge in [0.1, 0.15) is 5.69 Å². The Morgan fingerprint density at radius 2 is 2.50 bits per heavy atom. The summed E-state index contributed by atoms with van der Waals surface area (Å²) in [6, 6.07) is 1.84. The highest BCUT2D eigenvalue weighted by molar-refractivity contribution is 9.10. The molecule has 86 valence electrons. The highest BCUT2D eigenvalue weighted by Gasteiger charge is 2.21. The third-order valence-corrected chi connectivity index (χ3v) is 3.15. The van der Waals surface area contributed by atoms with Gasteiger partial charge in [0.2, 0.25) is 0 Å². The fourth-order valence-corrected chi connectivity index (χ4v) is 2.26. The van der Waals surface area contributed by atoms with Crippen molar-refractivity contribution in [2.24, 2.45) is 0 Å². The zero-order valence-electron chi connectivity index (χ0n) is 8.65. The van der Waals surface area contributed by atoms with Crippen molar-refractivity contribution < 1.29 is 4.92 Å². The minimum absolute atomic E-state index is 0.100. The predicted molar refractivity (Wildman–Crippen MR) is 63.3 cm³/mol. The van der Waals surface area contributed by atoms with Gasteiger partial charge in [-0.3, -0.25) is 15.1 Å². The van der Waals surface area contributed by atoms with E-state index in [2.05, 4.69) is 26.2 Å². The molecule has 1 unspecified atom stereocenters. The van der Waals surface area contributed by atoms with E-state index in [1.807, 2.05) is 0 Å². The first-order valence-corrected chi connectivity index (χ1v) is 5.98. The molecular weight excluding hydrogens is 274 g/mol. The van der Waals surface area contributed by atoms with Crippen LogP contribution in [0, 0.1) is 10.1 Å². The van der Waals surface area contributed by atoms with Gasteiger partial charge in [-0.2, -0.15) is 0 Å². The molecule has 1 saturated heterocycles. The highest BCUT2D eigenvalue weighted by atomic mass is 79.9. The molecule has 1 N–H and O–H groups in total. The number of nitrogens with one attached hydrogen (secondary N) is 1. The average molecular weight is 286 g/mol. The number of nitrogens with zero attached hydrogens (tertiary/aromatic N) is 2. The van der Waals surface area contributed by atoms with E-state index in [1.54, 1.807) is 6.20 Å². The Bertz CT molecular complexity index is 405. The van der Waals surface area contributed by atoms with Crippen LogP contribution >= 0.6 is 15.9 Å². The smallest absolute Gasteiger partial charge is 0.291 e. The van der Waals surface area contributed by atoms with Crippen molar-refractivity contribution in [1.29, 1.82) is 0 Å². The van der Waals surface area contributed by atoms with Crippen molar-refractivity contribution >= 4 is 21.6 Å². The normalized spacial score (nSPS) is 19.9. The summed E-state index contributed by atoms with van der Waals surface area (Å²) in [6.45, 7) is 0.995. The van der Waals surface area contributed by atoms with Crippen molar-refractivity contribution in [2.75, 3.05) is 6.54 Å². The molecule has 1 fully saturated rings. The molecule has 0 aromatic carbocycles. The Kier molecular flexibility index (Phi) is 3.50. The van der Waals surface area contributed by atoms with E-state index in [9.17, 15) is 10.1 Å². The number of aromatic nitrogens is 1. The van der Waals surface area contributed by atoms with Gasteiger partial charge in [-0.15, -0.1) is 0 Å².